The number of hydrogen-bond donors (Lipinski definition) is 1. The van der Waals surface area contributed by atoms with Crippen molar-refractivity contribution >= 4 is 9.84 Å². The summed E-state index contributed by atoms with van der Waals surface area (Å²) in [4.78, 5) is 0. The van der Waals surface area contributed by atoms with E-state index >= 15 is 0 Å². The Hall–Kier alpha value is -0.130. The number of ether oxygens (including phenoxy) is 1. The van der Waals surface area contributed by atoms with Gasteiger partial charge in [0.15, 0.2) is 9.84 Å². The van der Waals surface area contributed by atoms with E-state index in [2.05, 4.69) is 12.2 Å². The molecule has 0 aromatic rings. The highest BCUT2D eigenvalue weighted by Gasteiger charge is 2.23. The first-order valence-corrected chi connectivity index (χ1v) is 8.39. The minimum absolute atomic E-state index is 0.0497. The molecular weight excluding hydrogens is 238 g/mol. The molecule has 0 aromatic carbocycles. The van der Waals surface area contributed by atoms with Crippen molar-refractivity contribution in [1.29, 1.82) is 0 Å². The van der Waals surface area contributed by atoms with Gasteiger partial charge in [0.2, 0.25) is 0 Å². The van der Waals surface area contributed by atoms with Gasteiger partial charge in [-0.2, -0.15) is 0 Å². The van der Waals surface area contributed by atoms with Crippen molar-refractivity contribution in [2.24, 2.45) is 0 Å². The van der Waals surface area contributed by atoms with E-state index in [-0.39, 0.29) is 11.9 Å². The molecule has 0 radical (unpaired) electrons. The van der Waals surface area contributed by atoms with Crippen molar-refractivity contribution in [3.8, 4) is 0 Å². The summed E-state index contributed by atoms with van der Waals surface area (Å²) >= 11 is 0. The van der Waals surface area contributed by atoms with Gasteiger partial charge in [-0.3, -0.25) is 0 Å². The molecule has 2 unspecified atom stereocenters. The van der Waals surface area contributed by atoms with Gasteiger partial charge >= 0.3 is 0 Å². The summed E-state index contributed by atoms with van der Waals surface area (Å²) in [5.74, 6) is 0.508. The third-order valence-corrected chi connectivity index (χ3v) is 5.16. The summed E-state index contributed by atoms with van der Waals surface area (Å²) in [7, 11) is -1.00. The highest BCUT2D eigenvalue weighted by Crippen LogP contribution is 2.15. The molecule has 4 nitrogen and oxygen atoms in total. The summed E-state index contributed by atoms with van der Waals surface area (Å²) in [6.45, 7) is 2.83. The highest BCUT2D eigenvalue weighted by atomic mass is 32.2. The van der Waals surface area contributed by atoms with Gasteiger partial charge in [0.05, 0.1) is 17.6 Å². The van der Waals surface area contributed by atoms with E-state index in [1.807, 2.05) is 7.05 Å². The molecule has 1 heterocycles. The van der Waals surface area contributed by atoms with Gasteiger partial charge in [0, 0.05) is 12.6 Å². The molecule has 0 aromatic heterocycles. The summed E-state index contributed by atoms with van der Waals surface area (Å²) in [6, 6.07) is 0.438. The van der Waals surface area contributed by atoms with E-state index in [9.17, 15) is 8.42 Å². The molecule has 1 rings (SSSR count). The van der Waals surface area contributed by atoms with Crippen LogP contribution in [0.15, 0.2) is 0 Å². The standard InChI is InChI=1S/C12H25NO3S/c1-3-11(13-2)6-5-9-17(14,15)10-12-7-4-8-16-12/h11-13H,3-10H2,1-2H3. The van der Waals surface area contributed by atoms with Gasteiger partial charge in [0.25, 0.3) is 0 Å². The number of nitrogens with one attached hydrogen (secondary N) is 1. The minimum atomic E-state index is -2.93. The molecule has 1 aliphatic rings. The first-order valence-electron chi connectivity index (χ1n) is 6.56. The van der Waals surface area contributed by atoms with Crippen molar-refractivity contribution in [2.75, 3.05) is 25.2 Å². The monoisotopic (exact) mass is 263 g/mol. The molecule has 2 atom stereocenters. The van der Waals surface area contributed by atoms with Crippen molar-refractivity contribution in [3.63, 3.8) is 0 Å². The second-order valence-corrected chi connectivity index (χ2v) is 7.01. The van der Waals surface area contributed by atoms with Crippen LogP contribution in [0.1, 0.15) is 39.0 Å². The molecule has 0 aliphatic carbocycles. The maximum Gasteiger partial charge on any atom is 0.152 e. The van der Waals surface area contributed by atoms with Gasteiger partial charge in [-0.1, -0.05) is 6.92 Å². The van der Waals surface area contributed by atoms with E-state index in [4.69, 9.17) is 4.74 Å². The van der Waals surface area contributed by atoms with Crippen molar-refractivity contribution in [3.05, 3.63) is 0 Å². The van der Waals surface area contributed by atoms with E-state index in [1.54, 1.807) is 0 Å². The van der Waals surface area contributed by atoms with Crippen LogP contribution in [0.4, 0.5) is 0 Å². The highest BCUT2D eigenvalue weighted by molar-refractivity contribution is 7.91. The molecule has 0 bridgehead atoms. The molecular formula is C12H25NO3S. The fourth-order valence-corrected chi connectivity index (χ4v) is 3.85. The number of rotatable bonds is 8. The fraction of sp³-hybridized carbons (Fsp3) is 1.00. The molecule has 0 saturated carbocycles. The van der Waals surface area contributed by atoms with Crippen molar-refractivity contribution < 1.29 is 13.2 Å². The Bertz CT molecular complexity index is 293. The summed E-state index contributed by atoms with van der Waals surface area (Å²) in [5, 5.41) is 3.19. The van der Waals surface area contributed by atoms with Gasteiger partial charge in [0.1, 0.15) is 0 Å². The van der Waals surface area contributed by atoms with Crippen LogP contribution in [0.25, 0.3) is 0 Å². The average Bonchev–Trinajstić information content (AvgIpc) is 2.76. The zero-order chi connectivity index (χ0) is 12.7. The third-order valence-electron chi connectivity index (χ3n) is 3.37. The van der Waals surface area contributed by atoms with Crippen LogP contribution in [0.2, 0.25) is 0 Å². The van der Waals surface area contributed by atoms with Crippen LogP contribution in [0, 0.1) is 0 Å². The van der Waals surface area contributed by atoms with Crippen LogP contribution in [0.5, 0.6) is 0 Å². The van der Waals surface area contributed by atoms with E-state index < -0.39 is 9.84 Å². The normalized spacial score (nSPS) is 22.8. The number of sulfone groups is 1. The molecule has 1 saturated heterocycles. The largest absolute Gasteiger partial charge is 0.377 e. The lowest BCUT2D eigenvalue weighted by molar-refractivity contribution is 0.127. The molecule has 1 fully saturated rings. The maximum atomic E-state index is 11.8. The second-order valence-electron chi connectivity index (χ2n) is 4.79. The maximum absolute atomic E-state index is 11.8. The fourth-order valence-electron chi connectivity index (χ4n) is 2.24. The van der Waals surface area contributed by atoms with Gasteiger partial charge in [-0.05, 0) is 39.2 Å². The van der Waals surface area contributed by atoms with Gasteiger partial charge in [-0.25, -0.2) is 8.42 Å². The zero-order valence-electron chi connectivity index (χ0n) is 10.9. The molecule has 0 spiro atoms. The van der Waals surface area contributed by atoms with E-state index in [1.165, 1.54) is 0 Å². The first kappa shape index (κ1) is 14.9. The Labute approximate surface area is 105 Å². The SMILES string of the molecule is CCC(CCCS(=O)(=O)CC1CCCO1)NC. The Morgan fingerprint density at radius 1 is 1.47 bits per heavy atom. The van der Waals surface area contributed by atoms with Crippen LogP contribution in [-0.4, -0.2) is 45.7 Å². The lowest BCUT2D eigenvalue weighted by atomic mass is 10.1. The van der Waals surface area contributed by atoms with E-state index in [0.717, 1.165) is 38.7 Å². The summed E-state index contributed by atoms with van der Waals surface area (Å²) < 4.78 is 29.1. The quantitative estimate of drug-likeness (QED) is 0.718. The second kappa shape index (κ2) is 7.34. The lowest BCUT2D eigenvalue weighted by Gasteiger charge is -2.14. The predicted octanol–water partition coefficient (Wildman–Crippen LogP) is 1.36. The predicted molar refractivity (Wildman–Crippen MR) is 70.0 cm³/mol. The van der Waals surface area contributed by atoms with Crippen LogP contribution in [-0.2, 0) is 14.6 Å². The van der Waals surface area contributed by atoms with Crippen molar-refractivity contribution in [2.45, 2.75) is 51.2 Å². The Balaban J connectivity index is 2.24. The molecule has 1 N–H and O–H groups in total. The van der Waals surface area contributed by atoms with Crippen LogP contribution in [0.3, 0.4) is 0 Å². The van der Waals surface area contributed by atoms with Crippen molar-refractivity contribution in [1.82, 2.24) is 5.32 Å². The molecule has 102 valence electrons. The topological polar surface area (TPSA) is 55.4 Å². The molecule has 5 heteroatoms. The molecule has 0 amide bonds. The third kappa shape index (κ3) is 5.84. The first-order chi connectivity index (χ1) is 8.07. The van der Waals surface area contributed by atoms with E-state index in [0.29, 0.717) is 11.8 Å². The summed E-state index contributed by atoms with van der Waals surface area (Å²) in [6.07, 6.45) is 4.56. The zero-order valence-corrected chi connectivity index (χ0v) is 11.8. The van der Waals surface area contributed by atoms with Gasteiger partial charge < -0.3 is 10.1 Å². The lowest BCUT2D eigenvalue weighted by Crippen LogP contribution is -2.26. The average molecular weight is 263 g/mol. The van der Waals surface area contributed by atoms with Gasteiger partial charge in [-0.15, -0.1) is 0 Å². The summed E-state index contributed by atoms with van der Waals surface area (Å²) in [5.41, 5.74) is 0. The molecule has 17 heavy (non-hydrogen) atoms. The smallest absolute Gasteiger partial charge is 0.152 e. The molecule has 1 aliphatic heterocycles. The Kier molecular flexibility index (Phi) is 6.44. The number of hydrogen-bond acceptors (Lipinski definition) is 4. The van der Waals surface area contributed by atoms with Crippen LogP contribution < -0.4 is 5.32 Å². The van der Waals surface area contributed by atoms with Crippen LogP contribution >= 0.6 is 0 Å². The Morgan fingerprint density at radius 2 is 2.24 bits per heavy atom. The minimum Gasteiger partial charge on any atom is -0.377 e. The Morgan fingerprint density at radius 3 is 2.76 bits per heavy atom.